The minimum absolute atomic E-state index is 0.00720. The first-order valence-corrected chi connectivity index (χ1v) is 13.2. The molecule has 0 spiro atoms. The highest BCUT2D eigenvalue weighted by molar-refractivity contribution is 7.89. The van der Waals surface area contributed by atoms with Gasteiger partial charge in [-0.1, -0.05) is 29.6 Å². The maximum absolute atomic E-state index is 13.1. The molecule has 174 valence electrons. The molecule has 0 atom stereocenters. The van der Waals surface area contributed by atoms with Crippen LogP contribution in [0.3, 0.4) is 0 Å². The molecule has 0 bridgehead atoms. The Morgan fingerprint density at radius 3 is 2.41 bits per heavy atom. The van der Waals surface area contributed by atoms with Crippen molar-refractivity contribution in [1.29, 1.82) is 0 Å². The average molecular weight is 519 g/mol. The molecule has 0 aliphatic carbocycles. The molecule has 1 aromatic heterocycles. The van der Waals surface area contributed by atoms with Crippen LogP contribution in [0, 0.1) is 13.8 Å². The van der Waals surface area contributed by atoms with Crippen molar-refractivity contribution in [2.75, 3.05) is 25.0 Å². The van der Waals surface area contributed by atoms with E-state index in [1.807, 2.05) is 6.92 Å². The van der Waals surface area contributed by atoms with Crippen LogP contribution < -0.4 is 5.32 Å². The highest BCUT2D eigenvalue weighted by Crippen LogP contribution is 2.35. The number of carbonyl (C=O) groups is 2. The van der Waals surface area contributed by atoms with Crippen molar-refractivity contribution < 1.29 is 22.7 Å². The molecule has 0 unspecified atom stereocenters. The number of halogens is 2. The molecule has 32 heavy (non-hydrogen) atoms. The molecule has 1 aliphatic heterocycles. The van der Waals surface area contributed by atoms with Gasteiger partial charge in [-0.25, -0.2) is 13.2 Å². The lowest BCUT2D eigenvalue weighted by molar-refractivity contribution is 0.0527. The van der Waals surface area contributed by atoms with E-state index < -0.39 is 21.9 Å². The van der Waals surface area contributed by atoms with Gasteiger partial charge < -0.3 is 10.1 Å². The Bertz CT molecular complexity index is 1160. The first-order valence-electron chi connectivity index (χ1n) is 10.2. The number of anilines is 1. The molecule has 1 fully saturated rings. The van der Waals surface area contributed by atoms with Crippen LogP contribution in [-0.2, 0) is 14.8 Å². The van der Waals surface area contributed by atoms with Gasteiger partial charge >= 0.3 is 5.97 Å². The molecule has 11 heteroatoms. The molecule has 2 aromatic rings. The van der Waals surface area contributed by atoms with Crippen LogP contribution in [0.15, 0.2) is 17.0 Å². The van der Waals surface area contributed by atoms with E-state index in [1.54, 1.807) is 13.8 Å². The zero-order valence-electron chi connectivity index (χ0n) is 18.0. The standard InChI is InChI=1S/C21H24Cl2N2O5S2/c1-4-30-21(27)18-12(2)13(3)31-20(18)24-19(26)14-10-17(16(23)11-15(14)22)32(28,29)25-8-6-5-7-9-25/h10-11H,4-9H2,1-3H3,(H,24,26). The highest BCUT2D eigenvalue weighted by Gasteiger charge is 2.30. The van der Waals surface area contributed by atoms with Gasteiger partial charge in [-0.3, -0.25) is 4.79 Å². The van der Waals surface area contributed by atoms with Crippen molar-refractivity contribution in [3.8, 4) is 0 Å². The lowest BCUT2D eigenvalue weighted by Crippen LogP contribution is -2.35. The van der Waals surface area contributed by atoms with E-state index in [2.05, 4.69) is 5.32 Å². The third kappa shape index (κ3) is 4.97. The summed E-state index contributed by atoms with van der Waals surface area (Å²) in [6.45, 7) is 6.30. The van der Waals surface area contributed by atoms with Gasteiger partial charge in [-0.15, -0.1) is 11.3 Å². The quantitative estimate of drug-likeness (QED) is 0.525. The van der Waals surface area contributed by atoms with Gasteiger partial charge in [0, 0.05) is 18.0 Å². The van der Waals surface area contributed by atoms with Crippen molar-refractivity contribution in [1.82, 2.24) is 4.31 Å². The topological polar surface area (TPSA) is 92.8 Å². The van der Waals surface area contributed by atoms with Crippen LogP contribution in [0.25, 0.3) is 0 Å². The fourth-order valence-corrected chi connectivity index (χ4v) is 6.87. The summed E-state index contributed by atoms with van der Waals surface area (Å²) >= 11 is 13.7. The lowest BCUT2D eigenvalue weighted by atomic mass is 10.1. The fraction of sp³-hybridized carbons (Fsp3) is 0.429. The summed E-state index contributed by atoms with van der Waals surface area (Å²) in [6, 6.07) is 2.45. The minimum atomic E-state index is -3.88. The van der Waals surface area contributed by atoms with Crippen LogP contribution in [0.5, 0.6) is 0 Å². The summed E-state index contributed by atoms with van der Waals surface area (Å²) in [5.74, 6) is -1.19. The van der Waals surface area contributed by atoms with Crippen LogP contribution in [0.2, 0.25) is 10.0 Å². The van der Waals surface area contributed by atoms with Gasteiger partial charge in [0.1, 0.15) is 9.90 Å². The number of nitrogens with zero attached hydrogens (tertiary/aromatic N) is 1. The number of amides is 1. The van der Waals surface area contributed by atoms with Gasteiger partial charge in [0.05, 0.1) is 27.8 Å². The number of piperidine rings is 1. The van der Waals surface area contributed by atoms with E-state index in [0.717, 1.165) is 24.1 Å². The maximum atomic E-state index is 13.1. The number of aryl methyl sites for hydroxylation is 1. The minimum Gasteiger partial charge on any atom is -0.462 e. The molecule has 7 nitrogen and oxygen atoms in total. The Kier molecular flexibility index (Phi) is 7.88. The number of ether oxygens (including phenoxy) is 1. The number of rotatable bonds is 6. The van der Waals surface area contributed by atoms with E-state index in [1.165, 1.54) is 27.8 Å². The molecular weight excluding hydrogens is 495 g/mol. The normalized spacial score (nSPS) is 14.9. The smallest absolute Gasteiger partial charge is 0.341 e. The van der Waals surface area contributed by atoms with Gasteiger partial charge in [0.2, 0.25) is 10.0 Å². The van der Waals surface area contributed by atoms with Gasteiger partial charge in [-0.05, 0) is 51.3 Å². The van der Waals surface area contributed by atoms with E-state index >= 15 is 0 Å². The summed E-state index contributed by atoms with van der Waals surface area (Å²) in [5, 5.41) is 2.96. The number of thiophene rings is 1. The van der Waals surface area contributed by atoms with Gasteiger partial charge in [0.25, 0.3) is 5.91 Å². The van der Waals surface area contributed by atoms with Crippen molar-refractivity contribution in [2.45, 2.75) is 44.9 Å². The van der Waals surface area contributed by atoms with E-state index in [9.17, 15) is 18.0 Å². The summed E-state index contributed by atoms with van der Waals surface area (Å²) < 4.78 is 32.7. The molecular formula is C21H24Cl2N2O5S2. The SMILES string of the molecule is CCOC(=O)c1c(NC(=O)c2cc(S(=O)(=O)N3CCCCC3)c(Cl)cc2Cl)sc(C)c1C. The molecule has 1 N–H and O–H groups in total. The second-order valence-electron chi connectivity index (χ2n) is 7.39. The number of nitrogens with one attached hydrogen (secondary N) is 1. The molecule has 1 amide bonds. The summed E-state index contributed by atoms with van der Waals surface area (Å²) in [6.07, 6.45) is 2.51. The number of hydrogen-bond acceptors (Lipinski definition) is 6. The number of sulfonamides is 1. The van der Waals surface area contributed by atoms with Crippen LogP contribution in [-0.4, -0.2) is 44.3 Å². The van der Waals surface area contributed by atoms with E-state index in [0.29, 0.717) is 23.7 Å². The van der Waals surface area contributed by atoms with Crippen LogP contribution >= 0.6 is 34.5 Å². The highest BCUT2D eigenvalue weighted by atomic mass is 35.5. The Morgan fingerprint density at radius 1 is 1.12 bits per heavy atom. The average Bonchev–Trinajstić information content (AvgIpc) is 3.01. The summed E-state index contributed by atoms with van der Waals surface area (Å²) in [4.78, 5) is 26.1. The van der Waals surface area contributed by atoms with E-state index in [-0.39, 0.29) is 32.7 Å². The molecule has 0 radical (unpaired) electrons. The Hall–Kier alpha value is -1.65. The third-order valence-electron chi connectivity index (χ3n) is 5.29. The second kappa shape index (κ2) is 10.1. The Morgan fingerprint density at radius 2 is 1.78 bits per heavy atom. The van der Waals surface area contributed by atoms with Crippen LogP contribution in [0.1, 0.15) is 57.3 Å². The Balaban J connectivity index is 1.97. The lowest BCUT2D eigenvalue weighted by Gasteiger charge is -2.26. The number of hydrogen-bond donors (Lipinski definition) is 1. The van der Waals surface area contributed by atoms with Crippen molar-refractivity contribution in [3.63, 3.8) is 0 Å². The first kappa shape index (κ1) is 25.0. The molecule has 0 saturated carbocycles. The third-order valence-corrected chi connectivity index (χ3v) is 9.09. The predicted octanol–water partition coefficient (Wildman–Crippen LogP) is 5.28. The van der Waals surface area contributed by atoms with Crippen molar-refractivity contribution >= 4 is 61.4 Å². The number of benzene rings is 1. The molecule has 1 aliphatic rings. The fourth-order valence-electron chi connectivity index (χ4n) is 3.48. The maximum Gasteiger partial charge on any atom is 0.341 e. The van der Waals surface area contributed by atoms with Crippen LogP contribution in [0.4, 0.5) is 5.00 Å². The van der Waals surface area contributed by atoms with Gasteiger partial charge in [0.15, 0.2) is 0 Å². The van der Waals surface area contributed by atoms with Gasteiger partial charge in [-0.2, -0.15) is 4.31 Å². The molecule has 3 rings (SSSR count). The summed E-state index contributed by atoms with van der Waals surface area (Å²) in [5.41, 5.74) is 0.929. The molecule has 2 heterocycles. The first-order chi connectivity index (χ1) is 15.1. The largest absolute Gasteiger partial charge is 0.462 e. The number of carbonyl (C=O) groups excluding carboxylic acids is 2. The van der Waals surface area contributed by atoms with Crippen molar-refractivity contribution in [3.05, 3.63) is 43.7 Å². The van der Waals surface area contributed by atoms with E-state index in [4.69, 9.17) is 27.9 Å². The zero-order valence-corrected chi connectivity index (χ0v) is 21.1. The monoisotopic (exact) mass is 518 g/mol. The predicted molar refractivity (Wildman–Crippen MR) is 127 cm³/mol. The zero-order chi connectivity index (χ0) is 23.6. The Labute approximate surface area is 201 Å². The molecule has 1 aromatic carbocycles. The number of esters is 1. The molecule has 1 saturated heterocycles. The summed E-state index contributed by atoms with van der Waals surface area (Å²) in [7, 11) is -3.88. The second-order valence-corrected chi connectivity index (χ2v) is 11.3. The van der Waals surface area contributed by atoms with Crippen molar-refractivity contribution in [2.24, 2.45) is 0 Å².